The van der Waals surface area contributed by atoms with E-state index in [9.17, 15) is 23.1 Å². The van der Waals surface area contributed by atoms with E-state index in [0.717, 1.165) is 31.5 Å². The zero-order chi connectivity index (χ0) is 31.9. The van der Waals surface area contributed by atoms with Crippen molar-refractivity contribution in [3.05, 3.63) is 29.8 Å². The number of ether oxygens (including phenoxy) is 1. The van der Waals surface area contributed by atoms with E-state index in [-0.39, 0.29) is 53.9 Å². The molecule has 4 fully saturated rings. The van der Waals surface area contributed by atoms with Crippen LogP contribution >= 0.6 is 0 Å². The molecule has 2 bridgehead atoms. The molecule has 2 saturated carbocycles. The minimum Gasteiger partial charge on any atom is -0.469 e. The van der Waals surface area contributed by atoms with Gasteiger partial charge in [-0.1, -0.05) is 39.0 Å². The number of likely N-dealkylation sites (tertiary alicyclic amines) is 1. The number of benzene rings is 1. The van der Waals surface area contributed by atoms with Gasteiger partial charge in [0, 0.05) is 56.3 Å². The number of carbonyl (C=O) groups is 2. The molecule has 11 heteroatoms. The van der Waals surface area contributed by atoms with Crippen LogP contribution in [0.3, 0.4) is 0 Å². The number of aliphatic hydroxyl groups is 1. The number of hydrogen-bond donors (Lipinski definition) is 2. The standard InChI is InChI=1S/C33H52N4O6S/c1-24-9-6-7-10-27(24)36-17-19-37(20-18-36)44(41,42)23-32-14-12-26(31(32,3)4)21-33(32,40)25(2)22-34-30(39)28-11-8-15-35(28)16-13-29(38)43-5/h6-7,9-10,25-26,28,40H,8,11-23H2,1-5H3,(H,34,39). The molecule has 10 nitrogen and oxygen atoms in total. The SMILES string of the molecule is COC(=O)CCN1CCCC1C(=O)NCC(C)C1(O)CC2CCC1(CS(=O)(=O)N1CCN(c3ccccc3C)CC1)C2(C)C. The van der Waals surface area contributed by atoms with Crippen LogP contribution in [-0.4, -0.2) is 105 Å². The quantitative estimate of drug-likeness (QED) is 0.358. The van der Waals surface area contributed by atoms with Gasteiger partial charge >= 0.3 is 5.97 Å². The third-order valence-electron chi connectivity index (χ3n) is 12.0. The van der Waals surface area contributed by atoms with Crippen molar-refractivity contribution >= 4 is 27.6 Å². The fourth-order valence-corrected chi connectivity index (χ4v) is 11.3. The molecule has 0 spiro atoms. The topological polar surface area (TPSA) is 119 Å². The second kappa shape index (κ2) is 12.5. The number of nitrogens with one attached hydrogen (secondary N) is 1. The van der Waals surface area contributed by atoms with Crippen molar-refractivity contribution in [2.24, 2.45) is 22.7 Å². The minimum absolute atomic E-state index is 0.0768. The third kappa shape index (κ3) is 5.78. The summed E-state index contributed by atoms with van der Waals surface area (Å²) in [5.41, 5.74) is -0.0517. The van der Waals surface area contributed by atoms with Crippen LogP contribution in [-0.2, 0) is 24.3 Å². The van der Waals surface area contributed by atoms with Gasteiger partial charge in [-0.3, -0.25) is 14.5 Å². The Labute approximate surface area is 263 Å². The van der Waals surface area contributed by atoms with E-state index in [1.54, 1.807) is 4.31 Å². The first kappa shape index (κ1) is 33.2. The molecule has 0 aromatic heterocycles. The number of amides is 1. The van der Waals surface area contributed by atoms with Crippen molar-refractivity contribution in [1.29, 1.82) is 0 Å². The first-order chi connectivity index (χ1) is 20.8. The molecular weight excluding hydrogens is 580 g/mol. The van der Waals surface area contributed by atoms with Gasteiger partial charge in [-0.2, -0.15) is 4.31 Å². The summed E-state index contributed by atoms with van der Waals surface area (Å²) in [6.07, 6.45) is 3.95. The Morgan fingerprint density at radius 2 is 1.82 bits per heavy atom. The second-order valence-corrected chi connectivity index (χ2v) is 16.2. The Hall–Kier alpha value is -2.21. The third-order valence-corrected chi connectivity index (χ3v) is 14.0. The number of esters is 1. The molecule has 1 amide bonds. The van der Waals surface area contributed by atoms with Gasteiger partial charge in [0.25, 0.3) is 0 Å². The molecule has 5 atom stereocenters. The molecule has 2 aliphatic carbocycles. The zero-order valence-corrected chi connectivity index (χ0v) is 28.0. The number of aryl methyl sites for hydroxylation is 1. The maximum absolute atomic E-state index is 14.1. The number of anilines is 1. The Bertz CT molecular complexity index is 1330. The van der Waals surface area contributed by atoms with E-state index in [1.807, 2.05) is 24.0 Å². The van der Waals surface area contributed by atoms with Crippen molar-refractivity contribution in [2.75, 3.05) is 63.6 Å². The van der Waals surface area contributed by atoms with Crippen molar-refractivity contribution in [3.63, 3.8) is 0 Å². The Balaban J connectivity index is 1.26. The lowest BCUT2D eigenvalue weighted by Gasteiger charge is -2.51. The average molecular weight is 633 g/mol. The zero-order valence-electron chi connectivity index (χ0n) is 27.2. The maximum Gasteiger partial charge on any atom is 0.306 e. The van der Waals surface area contributed by atoms with Crippen molar-refractivity contribution in [2.45, 2.75) is 77.9 Å². The maximum atomic E-state index is 14.1. The van der Waals surface area contributed by atoms with Gasteiger partial charge in [-0.05, 0) is 68.5 Å². The molecule has 246 valence electrons. The molecule has 1 aromatic rings. The Kier molecular flexibility index (Phi) is 9.44. The summed E-state index contributed by atoms with van der Waals surface area (Å²) in [6, 6.07) is 7.89. The first-order valence-electron chi connectivity index (χ1n) is 16.3. The van der Waals surface area contributed by atoms with E-state index in [4.69, 9.17) is 4.74 Å². The van der Waals surface area contributed by atoms with E-state index >= 15 is 0 Å². The first-order valence-corrected chi connectivity index (χ1v) is 18.0. The van der Waals surface area contributed by atoms with Gasteiger partial charge in [0.2, 0.25) is 15.9 Å². The molecule has 1 aromatic carbocycles. The molecule has 5 unspecified atom stereocenters. The summed E-state index contributed by atoms with van der Waals surface area (Å²) >= 11 is 0. The molecule has 2 saturated heterocycles. The fourth-order valence-electron chi connectivity index (χ4n) is 9.05. The van der Waals surface area contributed by atoms with Crippen molar-refractivity contribution in [1.82, 2.24) is 14.5 Å². The number of fused-ring (bicyclic) bond motifs is 2. The smallest absolute Gasteiger partial charge is 0.306 e. The number of para-hydroxylation sites is 1. The molecule has 44 heavy (non-hydrogen) atoms. The highest BCUT2D eigenvalue weighted by Crippen LogP contribution is 2.71. The summed E-state index contributed by atoms with van der Waals surface area (Å²) in [5, 5.41) is 15.6. The highest BCUT2D eigenvalue weighted by Gasteiger charge is 2.73. The summed E-state index contributed by atoms with van der Waals surface area (Å²) in [5.74, 6) is -0.568. The molecular formula is C33H52N4O6S. The van der Waals surface area contributed by atoms with Crippen LogP contribution in [0, 0.1) is 29.6 Å². The lowest BCUT2D eigenvalue weighted by Crippen LogP contribution is -2.61. The fraction of sp³-hybridized carbons (Fsp3) is 0.758. The normalized spacial score (nSPS) is 31.3. The van der Waals surface area contributed by atoms with Crippen LogP contribution in [0.2, 0.25) is 0 Å². The molecule has 0 radical (unpaired) electrons. The van der Waals surface area contributed by atoms with E-state index in [1.165, 1.54) is 12.7 Å². The van der Waals surface area contributed by atoms with Crippen LogP contribution < -0.4 is 10.2 Å². The number of methoxy groups -OCH3 is 1. The van der Waals surface area contributed by atoms with Crippen molar-refractivity contribution < 1.29 is 27.9 Å². The van der Waals surface area contributed by atoms with Crippen LogP contribution in [0.5, 0.6) is 0 Å². The highest BCUT2D eigenvalue weighted by atomic mass is 32.2. The number of piperazine rings is 1. The number of sulfonamides is 1. The molecule has 5 rings (SSSR count). The van der Waals surface area contributed by atoms with Crippen LogP contribution in [0.25, 0.3) is 0 Å². The number of carbonyl (C=O) groups excluding carboxylic acids is 2. The molecule has 2 N–H and O–H groups in total. The molecule has 2 heterocycles. The summed E-state index contributed by atoms with van der Waals surface area (Å²) in [7, 11) is -2.29. The van der Waals surface area contributed by atoms with E-state index in [0.29, 0.717) is 45.6 Å². The average Bonchev–Trinajstić information content (AvgIpc) is 3.61. The summed E-state index contributed by atoms with van der Waals surface area (Å²) in [4.78, 5) is 29.2. The lowest BCUT2D eigenvalue weighted by molar-refractivity contribution is -0.141. The highest BCUT2D eigenvalue weighted by molar-refractivity contribution is 7.89. The monoisotopic (exact) mass is 632 g/mol. The van der Waals surface area contributed by atoms with E-state index < -0.39 is 21.0 Å². The Morgan fingerprint density at radius 1 is 1.11 bits per heavy atom. The van der Waals surface area contributed by atoms with Gasteiger partial charge in [0.15, 0.2) is 0 Å². The van der Waals surface area contributed by atoms with Gasteiger partial charge in [-0.25, -0.2) is 8.42 Å². The largest absolute Gasteiger partial charge is 0.469 e. The predicted octanol–water partition coefficient (Wildman–Crippen LogP) is 2.78. The van der Waals surface area contributed by atoms with Crippen LogP contribution in [0.15, 0.2) is 24.3 Å². The summed E-state index contributed by atoms with van der Waals surface area (Å²) in [6.45, 7) is 11.9. The van der Waals surface area contributed by atoms with Gasteiger partial charge < -0.3 is 20.1 Å². The molecule has 4 aliphatic rings. The van der Waals surface area contributed by atoms with Gasteiger partial charge in [0.1, 0.15) is 0 Å². The summed E-state index contributed by atoms with van der Waals surface area (Å²) < 4.78 is 34.7. The minimum atomic E-state index is -3.65. The van der Waals surface area contributed by atoms with Crippen molar-refractivity contribution in [3.8, 4) is 0 Å². The van der Waals surface area contributed by atoms with Crippen LogP contribution in [0.1, 0.15) is 64.9 Å². The van der Waals surface area contributed by atoms with E-state index in [2.05, 4.69) is 43.1 Å². The number of hydrogen-bond acceptors (Lipinski definition) is 8. The van der Waals surface area contributed by atoms with Gasteiger partial charge in [-0.15, -0.1) is 0 Å². The second-order valence-electron chi connectivity index (χ2n) is 14.3. The Morgan fingerprint density at radius 3 is 2.48 bits per heavy atom. The molecule has 2 aliphatic heterocycles. The van der Waals surface area contributed by atoms with Crippen LogP contribution in [0.4, 0.5) is 5.69 Å². The number of rotatable bonds is 11. The lowest BCUT2D eigenvalue weighted by atomic mass is 9.60. The van der Waals surface area contributed by atoms with Gasteiger partial charge in [0.05, 0.1) is 30.9 Å². The predicted molar refractivity (Wildman–Crippen MR) is 171 cm³/mol. The number of nitrogens with zero attached hydrogens (tertiary/aromatic N) is 3.